The number of ketones is 1. The van der Waals surface area contributed by atoms with Gasteiger partial charge >= 0.3 is 0 Å². The monoisotopic (exact) mass is 426 g/mol. The van der Waals surface area contributed by atoms with Crippen LogP contribution < -0.4 is 10.5 Å². The Labute approximate surface area is 175 Å². The molecule has 2 N–H and O–H groups in total. The molecule has 0 fully saturated rings. The van der Waals surface area contributed by atoms with Gasteiger partial charge in [-0.05, 0) is 43.7 Å². The van der Waals surface area contributed by atoms with Gasteiger partial charge in [-0.15, -0.1) is 0 Å². The summed E-state index contributed by atoms with van der Waals surface area (Å²) < 4.78 is 84.1. The maximum atomic E-state index is 14.9. The average molecular weight is 426 g/mol. The van der Waals surface area contributed by atoms with Crippen molar-refractivity contribution in [1.29, 1.82) is 0 Å². The number of carbonyl (C=O) groups is 1. The van der Waals surface area contributed by atoms with Gasteiger partial charge in [-0.2, -0.15) is 0 Å². The molecule has 0 bridgehead atoms. The predicted octanol–water partition coefficient (Wildman–Crippen LogP) is 3.84. The number of hydrogen-bond donors (Lipinski definition) is 1. The van der Waals surface area contributed by atoms with Crippen molar-refractivity contribution in [3.05, 3.63) is 58.9 Å². The van der Waals surface area contributed by atoms with E-state index in [9.17, 15) is 22.4 Å². The first-order chi connectivity index (χ1) is 15.1. The van der Waals surface area contributed by atoms with E-state index in [1.165, 1.54) is 19.1 Å². The lowest BCUT2D eigenvalue weighted by Crippen LogP contribution is -2.51. The second kappa shape index (κ2) is 7.70. The van der Waals surface area contributed by atoms with Crippen molar-refractivity contribution in [2.45, 2.75) is 44.1 Å². The van der Waals surface area contributed by atoms with Gasteiger partial charge in [0.05, 0.1) is 17.3 Å². The minimum Gasteiger partial charge on any atom is -0.495 e. The average Bonchev–Trinajstić information content (AvgIpc) is 2.68. The van der Waals surface area contributed by atoms with E-state index >= 15 is 0 Å². The summed E-state index contributed by atoms with van der Waals surface area (Å²) >= 11 is 0. The zero-order valence-corrected chi connectivity index (χ0v) is 16.2. The minimum atomic E-state index is -2.69. The molecule has 0 radical (unpaired) electrons. The van der Waals surface area contributed by atoms with Crippen molar-refractivity contribution in [3.8, 4) is 5.75 Å². The third kappa shape index (κ3) is 3.88. The molecule has 160 valence electrons. The van der Waals surface area contributed by atoms with Crippen molar-refractivity contribution in [2.75, 3.05) is 7.04 Å². The van der Waals surface area contributed by atoms with Crippen LogP contribution in [-0.4, -0.2) is 35.5 Å². The highest BCUT2D eigenvalue weighted by Gasteiger charge is 2.49. The van der Waals surface area contributed by atoms with Crippen molar-refractivity contribution in [2.24, 2.45) is 10.7 Å². The number of nitrogens with two attached hydrogens (primary N) is 1. The number of aliphatic imine (C=N–C) groups is 1. The molecule has 0 spiro atoms. The fourth-order valence-corrected chi connectivity index (χ4v) is 3.30. The standard InChI is InChI=1S/C21H21F4N3O2/c1-20(25)9-17(23)21(2,28-19(20)26)13-6-11(7-14(22)18(13)24)8-16(29)15-5-4-12(30-3)10-27-15/h4-7,10,17H,8-9H2,1-3H3,(H2,26,28)/t17-,20+,21+/m0/s1/i3D3. The molecule has 1 aliphatic heterocycles. The summed E-state index contributed by atoms with van der Waals surface area (Å²) in [5.74, 6) is -3.93. The smallest absolute Gasteiger partial charge is 0.185 e. The van der Waals surface area contributed by atoms with Gasteiger partial charge in [-0.3, -0.25) is 9.79 Å². The lowest BCUT2D eigenvalue weighted by molar-refractivity contribution is 0.0987. The van der Waals surface area contributed by atoms with Crippen molar-refractivity contribution in [3.63, 3.8) is 0 Å². The fourth-order valence-electron chi connectivity index (χ4n) is 3.30. The number of alkyl halides is 2. The quantitative estimate of drug-likeness (QED) is 0.582. The first kappa shape index (κ1) is 17.9. The summed E-state index contributed by atoms with van der Waals surface area (Å²) in [7, 11) is -2.69. The SMILES string of the molecule is [2H]C([2H])([2H])Oc1ccc(C(=O)Cc2cc(F)c(F)c([C@@]3(C)N=C(N)[C@](C)(F)C[C@@H]3F)c2)nc1. The number of hydrogen-bond acceptors (Lipinski definition) is 5. The number of benzene rings is 1. The van der Waals surface area contributed by atoms with Gasteiger partial charge in [0.25, 0.3) is 0 Å². The number of amidine groups is 1. The lowest BCUT2D eigenvalue weighted by atomic mass is 9.78. The lowest BCUT2D eigenvalue weighted by Gasteiger charge is -2.39. The maximum absolute atomic E-state index is 14.9. The second-order valence-electron chi connectivity index (χ2n) is 7.53. The van der Waals surface area contributed by atoms with E-state index in [1.807, 2.05) is 0 Å². The topological polar surface area (TPSA) is 77.6 Å². The zero-order chi connectivity index (χ0) is 24.8. The molecule has 1 aromatic carbocycles. The summed E-state index contributed by atoms with van der Waals surface area (Å²) in [4.78, 5) is 20.2. The Bertz CT molecular complexity index is 1110. The molecule has 2 heterocycles. The molecule has 5 nitrogen and oxygen atoms in total. The predicted molar refractivity (Wildman–Crippen MR) is 103 cm³/mol. The van der Waals surface area contributed by atoms with Gasteiger partial charge in [0.15, 0.2) is 23.1 Å². The molecule has 3 atom stereocenters. The van der Waals surface area contributed by atoms with Crippen LogP contribution in [0.2, 0.25) is 0 Å². The molecular weight excluding hydrogens is 402 g/mol. The van der Waals surface area contributed by atoms with Crippen LogP contribution in [-0.2, 0) is 12.0 Å². The summed E-state index contributed by atoms with van der Waals surface area (Å²) in [5, 5.41) is 0. The van der Waals surface area contributed by atoms with E-state index in [1.54, 1.807) is 0 Å². The first-order valence-electron chi connectivity index (χ1n) is 10.5. The number of carbonyl (C=O) groups excluding carboxylic acids is 1. The Morgan fingerprint density at radius 2 is 2.10 bits per heavy atom. The van der Waals surface area contributed by atoms with Gasteiger partial charge in [0, 0.05) is 18.4 Å². The minimum absolute atomic E-state index is 0.00861. The van der Waals surface area contributed by atoms with Gasteiger partial charge in [-0.25, -0.2) is 22.5 Å². The second-order valence-corrected chi connectivity index (χ2v) is 7.53. The number of methoxy groups -OCH3 is 1. The van der Waals surface area contributed by atoms with Gasteiger partial charge < -0.3 is 10.5 Å². The summed E-state index contributed by atoms with van der Waals surface area (Å²) in [6.07, 6.45) is -2.09. The number of rotatable bonds is 5. The molecule has 0 unspecified atom stereocenters. The van der Waals surface area contributed by atoms with E-state index in [4.69, 9.17) is 9.85 Å². The van der Waals surface area contributed by atoms with Crippen molar-refractivity contribution >= 4 is 11.6 Å². The van der Waals surface area contributed by atoms with Crippen LogP contribution in [0.4, 0.5) is 17.6 Å². The Morgan fingerprint density at radius 1 is 1.37 bits per heavy atom. The van der Waals surface area contributed by atoms with Crippen LogP contribution in [0, 0.1) is 11.6 Å². The van der Waals surface area contributed by atoms with E-state index < -0.39 is 66.1 Å². The first-order valence-corrected chi connectivity index (χ1v) is 8.98. The van der Waals surface area contributed by atoms with Crippen LogP contribution in [0.25, 0.3) is 0 Å². The summed E-state index contributed by atoms with van der Waals surface area (Å²) in [6.45, 7) is 2.22. The van der Waals surface area contributed by atoms with E-state index in [2.05, 4.69) is 14.7 Å². The normalized spacial score (nSPS) is 28.1. The van der Waals surface area contributed by atoms with Gasteiger partial charge in [0.1, 0.15) is 29.0 Å². The van der Waals surface area contributed by atoms with E-state index in [0.717, 1.165) is 25.3 Å². The highest BCUT2D eigenvalue weighted by Crippen LogP contribution is 2.42. The molecular formula is C21H21F4N3O2. The molecule has 0 amide bonds. The van der Waals surface area contributed by atoms with Crippen LogP contribution in [0.5, 0.6) is 5.75 Å². The van der Waals surface area contributed by atoms with Crippen LogP contribution in [0.3, 0.4) is 0 Å². The summed E-state index contributed by atoms with van der Waals surface area (Å²) in [6, 6.07) is 4.32. The molecule has 0 aliphatic carbocycles. The molecule has 1 aliphatic rings. The molecule has 0 saturated heterocycles. The molecule has 0 saturated carbocycles. The van der Waals surface area contributed by atoms with Crippen molar-refractivity contribution in [1.82, 2.24) is 4.98 Å². The summed E-state index contributed by atoms with van der Waals surface area (Å²) in [5.41, 5.74) is 0.810. The Morgan fingerprint density at radius 3 is 2.73 bits per heavy atom. The Hall–Kier alpha value is -2.97. The van der Waals surface area contributed by atoms with E-state index in [-0.39, 0.29) is 17.0 Å². The number of Topliss-reactive ketones (excluding diaryl/α,β-unsaturated/α-hetero) is 1. The molecule has 9 heteroatoms. The molecule has 30 heavy (non-hydrogen) atoms. The van der Waals surface area contributed by atoms with Gasteiger partial charge in [0.2, 0.25) is 0 Å². The molecule has 3 rings (SSSR count). The van der Waals surface area contributed by atoms with Gasteiger partial charge in [-0.1, -0.05) is 0 Å². The number of ether oxygens (including phenoxy) is 1. The number of aromatic nitrogens is 1. The largest absolute Gasteiger partial charge is 0.495 e. The highest BCUT2D eigenvalue weighted by molar-refractivity contribution is 5.95. The number of halogens is 4. The Balaban J connectivity index is 1.91. The number of pyridine rings is 1. The van der Waals surface area contributed by atoms with Crippen molar-refractivity contribution < 1.29 is 31.2 Å². The van der Waals surface area contributed by atoms with Crippen LogP contribution in [0.15, 0.2) is 35.5 Å². The Kier molecular flexibility index (Phi) is 4.58. The number of nitrogens with zero attached hydrogens (tertiary/aromatic N) is 2. The van der Waals surface area contributed by atoms with E-state index in [0.29, 0.717) is 0 Å². The fraction of sp³-hybridized carbons (Fsp3) is 0.381. The molecule has 1 aromatic heterocycles. The van der Waals surface area contributed by atoms with Crippen LogP contribution >= 0.6 is 0 Å². The third-order valence-corrected chi connectivity index (χ3v) is 5.20. The third-order valence-electron chi connectivity index (χ3n) is 5.20. The maximum Gasteiger partial charge on any atom is 0.185 e. The van der Waals surface area contributed by atoms with Crippen LogP contribution in [0.1, 0.15) is 46.0 Å². The molecule has 2 aromatic rings. The highest BCUT2D eigenvalue weighted by atomic mass is 19.2. The zero-order valence-electron chi connectivity index (χ0n) is 19.2.